The van der Waals surface area contributed by atoms with Gasteiger partial charge in [-0.05, 0) is 19.1 Å². The number of anilines is 1. The van der Waals surface area contributed by atoms with E-state index in [2.05, 4.69) is 19.9 Å². The molecule has 0 atom stereocenters. The van der Waals surface area contributed by atoms with Crippen LogP contribution in [0.15, 0.2) is 29.2 Å². The van der Waals surface area contributed by atoms with Crippen molar-refractivity contribution in [3.63, 3.8) is 0 Å². The van der Waals surface area contributed by atoms with E-state index >= 15 is 0 Å². The molecule has 1 aromatic carbocycles. The molecule has 2 aromatic rings. The molecule has 1 heterocycles. The topological polar surface area (TPSA) is 131 Å². The molecule has 9 nitrogen and oxygen atoms in total. The average Bonchev–Trinajstić information content (AvgIpc) is 2.74. The highest BCUT2D eigenvalue weighted by molar-refractivity contribution is 7.92. The van der Waals surface area contributed by atoms with Gasteiger partial charge in [0.2, 0.25) is 0 Å². The van der Waals surface area contributed by atoms with E-state index in [0.29, 0.717) is 5.82 Å². The molecule has 0 fully saturated rings. The van der Waals surface area contributed by atoms with Gasteiger partial charge in [0.25, 0.3) is 21.7 Å². The van der Waals surface area contributed by atoms with Gasteiger partial charge in [-0.3, -0.25) is 15.2 Å². The Morgan fingerprint density at radius 2 is 1.95 bits per heavy atom. The molecule has 0 aliphatic rings. The van der Waals surface area contributed by atoms with Gasteiger partial charge in [0.05, 0.1) is 9.82 Å². The molecule has 19 heavy (non-hydrogen) atoms. The summed E-state index contributed by atoms with van der Waals surface area (Å²) in [5.41, 5.74) is -0.187. The molecule has 0 bridgehead atoms. The smallest absolute Gasteiger partial charge is 0.261 e. The van der Waals surface area contributed by atoms with Crippen LogP contribution in [0.3, 0.4) is 0 Å². The number of nitro benzene ring substituents is 1. The minimum Gasteiger partial charge on any atom is -0.261 e. The van der Waals surface area contributed by atoms with Crippen molar-refractivity contribution in [2.75, 3.05) is 4.72 Å². The number of rotatable bonds is 4. The second-order valence-corrected chi connectivity index (χ2v) is 5.28. The van der Waals surface area contributed by atoms with E-state index in [1.165, 1.54) is 0 Å². The number of aromatic nitrogens is 3. The third kappa shape index (κ3) is 2.85. The van der Waals surface area contributed by atoms with E-state index in [4.69, 9.17) is 0 Å². The average molecular weight is 283 g/mol. The number of hydrogen-bond acceptors (Lipinski definition) is 6. The van der Waals surface area contributed by atoms with Gasteiger partial charge in [-0.25, -0.2) is 13.1 Å². The Bertz CT molecular complexity index is 706. The van der Waals surface area contributed by atoms with Crippen molar-refractivity contribution in [2.45, 2.75) is 11.8 Å². The number of non-ortho nitro benzene ring substituents is 1. The number of nitrogens with one attached hydrogen (secondary N) is 2. The molecule has 0 spiro atoms. The number of nitrogens with zero attached hydrogens (tertiary/aromatic N) is 3. The van der Waals surface area contributed by atoms with Gasteiger partial charge in [0, 0.05) is 12.1 Å². The molecule has 0 aliphatic heterocycles. The molecule has 10 heteroatoms. The highest BCUT2D eigenvalue weighted by Gasteiger charge is 2.17. The van der Waals surface area contributed by atoms with Gasteiger partial charge in [0.15, 0.2) is 0 Å². The summed E-state index contributed by atoms with van der Waals surface area (Å²) in [6.45, 7) is 1.62. The van der Waals surface area contributed by atoms with E-state index in [1.807, 2.05) is 0 Å². The highest BCUT2D eigenvalue weighted by atomic mass is 32.2. The lowest BCUT2D eigenvalue weighted by atomic mass is 10.3. The monoisotopic (exact) mass is 283 g/mol. The fourth-order valence-corrected chi connectivity index (χ4v) is 2.26. The van der Waals surface area contributed by atoms with E-state index < -0.39 is 14.9 Å². The Kier molecular flexibility index (Phi) is 3.17. The molecular formula is C9H9N5O4S. The van der Waals surface area contributed by atoms with Gasteiger partial charge in [-0.2, -0.15) is 4.98 Å². The molecule has 2 N–H and O–H groups in total. The normalized spacial score (nSPS) is 11.2. The molecule has 0 saturated heterocycles. The van der Waals surface area contributed by atoms with Crippen molar-refractivity contribution in [1.82, 2.24) is 15.2 Å². The fraction of sp³-hybridized carbons (Fsp3) is 0.111. The number of aryl methyl sites for hydroxylation is 1. The highest BCUT2D eigenvalue weighted by Crippen LogP contribution is 2.17. The lowest BCUT2D eigenvalue weighted by Gasteiger charge is -2.03. The zero-order chi connectivity index (χ0) is 14.0. The predicted octanol–water partition coefficient (Wildman–Crippen LogP) is 0.822. The van der Waals surface area contributed by atoms with Crippen LogP contribution in [0.1, 0.15) is 5.82 Å². The van der Waals surface area contributed by atoms with Gasteiger partial charge in [0.1, 0.15) is 5.82 Å². The molecule has 100 valence electrons. The van der Waals surface area contributed by atoms with E-state index in [-0.39, 0.29) is 16.5 Å². The van der Waals surface area contributed by atoms with Crippen LogP contribution < -0.4 is 4.72 Å². The van der Waals surface area contributed by atoms with Crippen LogP contribution in [0.5, 0.6) is 0 Å². The summed E-state index contributed by atoms with van der Waals surface area (Å²) in [5, 5.41) is 16.6. The Morgan fingerprint density at radius 1 is 1.32 bits per heavy atom. The van der Waals surface area contributed by atoms with Crippen LogP contribution in [0.2, 0.25) is 0 Å². The van der Waals surface area contributed by atoms with Crippen LogP contribution in [0.25, 0.3) is 0 Å². The van der Waals surface area contributed by atoms with Crippen molar-refractivity contribution in [3.8, 4) is 0 Å². The second kappa shape index (κ2) is 4.65. The maximum absolute atomic E-state index is 11.9. The summed E-state index contributed by atoms with van der Waals surface area (Å²) in [6, 6.07) is 4.50. The van der Waals surface area contributed by atoms with Crippen LogP contribution in [0.4, 0.5) is 11.6 Å². The maximum Gasteiger partial charge on any atom is 0.269 e. The standard InChI is InChI=1S/C9H9N5O4S/c1-6-10-9(12-11-6)13-19(17,18)8-4-2-7(3-5-8)14(15)16/h2-5H,1H3,(H2,10,11,12,13). The zero-order valence-electron chi connectivity index (χ0n) is 9.69. The first-order chi connectivity index (χ1) is 8.88. The van der Waals surface area contributed by atoms with Gasteiger partial charge >= 0.3 is 0 Å². The minimum atomic E-state index is -3.86. The Hall–Kier alpha value is -2.49. The van der Waals surface area contributed by atoms with Crippen molar-refractivity contribution >= 4 is 21.7 Å². The third-order valence-electron chi connectivity index (χ3n) is 2.18. The zero-order valence-corrected chi connectivity index (χ0v) is 10.5. The van der Waals surface area contributed by atoms with E-state index in [1.54, 1.807) is 6.92 Å². The molecule has 2 rings (SSSR count). The molecule has 1 aromatic heterocycles. The minimum absolute atomic E-state index is 0.0872. The molecule has 0 saturated carbocycles. The fourth-order valence-electron chi connectivity index (χ4n) is 1.31. The quantitative estimate of drug-likeness (QED) is 0.630. The van der Waals surface area contributed by atoms with E-state index in [9.17, 15) is 18.5 Å². The predicted molar refractivity (Wildman–Crippen MR) is 65.0 cm³/mol. The van der Waals surface area contributed by atoms with Crippen molar-refractivity contribution in [3.05, 3.63) is 40.2 Å². The maximum atomic E-state index is 11.9. The first-order valence-corrected chi connectivity index (χ1v) is 6.53. The number of nitro groups is 1. The molecule has 0 amide bonds. The number of benzene rings is 1. The number of hydrogen-bond donors (Lipinski definition) is 2. The summed E-state index contributed by atoms with van der Waals surface area (Å²) >= 11 is 0. The lowest BCUT2D eigenvalue weighted by Crippen LogP contribution is -2.14. The SMILES string of the molecule is Cc1nc(NS(=O)(=O)c2ccc([N+](=O)[O-])cc2)n[nH]1. The molecule has 0 aliphatic carbocycles. The Labute approximate surface area is 107 Å². The Balaban J connectivity index is 2.26. The van der Waals surface area contributed by atoms with Crippen LogP contribution >= 0.6 is 0 Å². The van der Waals surface area contributed by atoms with Crippen molar-refractivity contribution < 1.29 is 13.3 Å². The summed E-state index contributed by atoms with van der Waals surface area (Å²) in [4.78, 5) is 13.6. The van der Waals surface area contributed by atoms with Crippen LogP contribution in [0, 0.1) is 17.0 Å². The van der Waals surface area contributed by atoms with Crippen molar-refractivity contribution in [1.29, 1.82) is 0 Å². The van der Waals surface area contributed by atoms with Gasteiger partial charge < -0.3 is 0 Å². The largest absolute Gasteiger partial charge is 0.269 e. The molecule has 0 unspecified atom stereocenters. The summed E-state index contributed by atoms with van der Waals surface area (Å²) in [6.07, 6.45) is 0. The summed E-state index contributed by atoms with van der Waals surface area (Å²) < 4.78 is 26.0. The first kappa shape index (κ1) is 13.0. The van der Waals surface area contributed by atoms with Crippen LogP contribution in [-0.2, 0) is 10.0 Å². The lowest BCUT2D eigenvalue weighted by molar-refractivity contribution is -0.384. The molecule has 0 radical (unpaired) electrons. The number of sulfonamides is 1. The van der Waals surface area contributed by atoms with Gasteiger partial charge in [-0.15, -0.1) is 5.10 Å². The number of aromatic amines is 1. The van der Waals surface area contributed by atoms with Crippen molar-refractivity contribution in [2.24, 2.45) is 0 Å². The van der Waals surface area contributed by atoms with Gasteiger partial charge in [-0.1, -0.05) is 0 Å². The molecular weight excluding hydrogens is 274 g/mol. The van der Waals surface area contributed by atoms with E-state index in [0.717, 1.165) is 24.3 Å². The summed E-state index contributed by atoms with van der Waals surface area (Å²) in [5.74, 6) is 0.372. The van der Waals surface area contributed by atoms with Crippen LogP contribution in [-0.4, -0.2) is 28.5 Å². The first-order valence-electron chi connectivity index (χ1n) is 5.05. The second-order valence-electron chi connectivity index (χ2n) is 3.60. The summed E-state index contributed by atoms with van der Waals surface area (Å²) in [7, 11) is -3.86. The third-order valence-corrected chi connectivity index (χ3v) is 3.52. The Morgan fingerprint density at radius 3 is 2.42 bits per heavy atom. The number of H-pyrrole nitrogens is 1.